The van der Waals surface area contributed by atoms with Crippen LogP contribution in [0, 0.1) is 11.3 Å². The van der Waals surface area contributed by atoms with E-state index in [9.17, 15) is 29.1 Å². The number of rotatable bonds is 4. The molecule has 3 aromatic rings. The molecule has 1 saturated heterocycles. The summed E-state index contributed by atoms with van der Waals surface area (Å²) in [7, 11) is -2.75. The standard InChI is InChI=1S/C22H24N6O5S/c23-8-5-22(6-10-27(11-7-22)21(30)31)28-16-3-9-24-20(29)18(16)19(26-28)25-15-1-2-17-14(13-15)4-12-34(17,32)33/h1-3,9,13,32-33H,4-7,10-12H2,(H,24,29)(H,25,26)(H,30,31). The molecule has 1 amide bonds. The molecule has 178 valence electrons. The van der Waals surface area contributed by atoms with Gasteiger partial charge in [-0.2, -0.15) is 21.0 Å². The molecule has 0 saturated carbocycles. The van der Waals surface area contributed by atoms with Crippen LogP contribution in [0.4, 0.5) is 16.3 Å². The van der Waals surface area contributed by atoms with E-state index in [2.05, 4.69) is 16.4 Å². The van der Waals surface area contributed by atoms with Gasteiger partial charge in [0, 0.05) is 30.7 Å². The van der Waals surface area contributed by atoms with E-state index in [4.69, 9.17) is 5.10 Å². The number of carbonyl (C=O) groups is 1. The number of nitrogens with zero attached hydrogens (tertiary/aromatic N) is 4. The molecule has 11 nitrogen and oxygen atoms in total. The number of fused-ring (bicyclic) bond motifs is 2. The van der Waals surface area contributed by atoms with E-state index >= 15 is 0 Å². The van der Waals surface area contributed by atoms with Crippen LogP contribution in [0.2, 0.25) is 0 Å². The maximum Gasteiger partial charge on any atom is 0.407 e. The Morgan fingerprint density at radius 3 is 2.76 bits per heavy atom. The molecule has 1 fully saturated rings. The van der Waals surface area contributed by atoms with Gasteiger partial charge in [-0.3, -0.25) is 18.6 Å². The lowest BCUT2D eigenvalue weighted by Gasteiger charge is -2.40. The van der Waals surface area contributed by atoms with Gasteiger partial charge >= 0.3 is 6.09 Å². The summed E-state index contributed by atoms with van der Waals surface area (Å²) in [6, 6.07) is 9.18. The minimum absolute atomic E-state index is 0.125. The zero-order valence-corrected chi connectivity index (χ0v) is 19.0. The van der Waals surface area contributed by atoms with Crippen molar-refractivity contribution in [2.45, 2.75) is 36.1 Å². The summed E-state index contributed by atoms with van der Waals surface area (Å²) >= 11 is 0. The third-order valence-electron chi connectivity index (χ3n) is 6.76. The molecular weight excluding hydrogens is 460 g/mol. The van der Waals surface area contributed by atoms with E-state index in [0.29, 0.717) is 52.3 Å². The van der Waals surface area contributed by atoms with Crippen LogP contribution in [0.15, 0.2) is 40.2 Å². The first-order valence-electron chi connectivity index (χ1n) is 10.9. The molecule has 2 aliphatic rings. The molecule has 5 N–H and O–H groups in total. The number of carboxylic acid groups (broad SMARTS) is 1. The Kier molecular flexibility index (Phi) is 5.27. The van der Waals surface area contributed by atoms with Crippen LogP contribution < -0.4 is 10.9 Å². The summed E-state index contributed by atoms with van der Waals surface area (Å²) in [5, 5.41) is 27.2. The molecule has 5 rings (SSSR count). The van der Waals surface area contributed by atoms with E-state index in [1.54, 1.807) is 22.9 Å². The number of aromatic amines is 1. The Morgan fingerprint density at radius 2 is 2.06 bits per heavy atom. The molecule has 2 aliphatic heterocycles. The van der Waals surface area contributed by atoms with Gasteiger partial charge in [-0.25, -0.2) is 4.79 Å². The summed E-state index contributed by atoms with van der Waals surface area (Å²) < 4.78 is 22.1. The second-order valence-electron chi connectivity index (χ2n) is 8.72. The molecule has 0 unspecified atom stereocenters. The normalized spacial score (nSPS) is 19.4. The van der Waals surface area contributed by atoms with Gasteiger partial charge in [0.2, 0.25) is 0 Å². The number of nitriles is 1. The number of pyridine rings is 1. The first-order valence-corrected chi connectivity index (χ1v) is 12.6. The van der Waals surface area contributed by atoms with Crippen molar-refractivity contribution in [1.82, 2.24) is 19.7 Å². The molecule has 0 atom stereocenters. The number of likely N-dealkylation sites (tertiary alicyclic amines) is 1. The smallest absolute Gasteiger partial charge is 0.407 e. The first kappa shape index (κ1) is 22.3. The SMILES string of the molecule is N#CCC1(n2nc(Nc3ccc4c(c3)CCS4(O)O)c3c(=O)[nH]ccc32)CCN(C(=O)O)CC1. The lowest BCUT2D eigenvalue weighted by molar-refractivity contribution is 0.0912. The second kappa shape index (κ2) is 8.05. The number of hydrogen-bond acceptors (Lipinski definition) is 7. The maximum absolute atomic E-state index is 12.8. The van der Waals surface area contributed by atoms with Crippen molar-refractivity contribution in [3.05, 3.63) is 46.4 Å². The number of amides is 1. The van der Waals surface area contributed by atoms with Crippen molar-refractivity contribution in [3.63, 3.8) is 0 Å². The van der Waals surface area contributed by atoms with Crippen molar-refractivity contribution in [1.29, 1.82) is 5.26 Å². The Morgan fingerprint density at radius 1 is 1.29 bits per heavy atom. The number of anilines is 2. The van der Waals surface area contributed by atoms with Gasteiger partial charge < -0.3 is 20.3 Å². The monoisotopic (exact) mass is 484 g/mol. The van der Waals surface area contributed by atoms with Crippen molar-refractivity contribution < 1.29 is 19.0 Å². The van der Waals surface area contributed by atoms with Crippen LogP contribution in [0.5, 0.6) is 0 Å². The lowest BCUT2D eigenvalue weighted by Crippen LogP contribution is -2.48. The molecule has 0 bridgehead atoms. The predicted molar refractivity (Wildman–Crippen MR) is 127 cm³/mol. The van der Waals surface area contributed by atoms with Crippen LogP contribution in [-0.4, -0.2) is 58.8 Å². The number of piperidine rings is 1. The molecular formula is C22H24N6O5S. The fourth-order valence-electron chi connectivity index (χ4n) is 4.92. The Hall–Kier alpha value is -3.53. The topological polar surface area (TPSA) is 168 Å². The van der Waals surface area contributed by atoms with Crippen molar-refractivity contribution in [2.24, 2.45) is 0 Å². The van der Waals surface area contributed by atoms with Crippen LogP contribution in [0.25, 0.3) is 10.9 Å². The molecule has 34 heavy (non-hydrogen) atoms. The van der Waals surface area contributed by atoms with Gasteiger partial charge in [-0.15, -0.1) is 0 Å². The highest BCUT2D eigenvalue weighted by Gasteiger charge is 2.40. The van der Waals surface area contributed by atoms with Gasteiger partial charge in [0.15, 0.2) is 5.82 Å². The fraction of sp³-hybridized carbons (Fsp3) is 0.364. The van der Waals surface area contributed by atoms with E-state index in [-0.39, 0.29) is 25.1 Å². The molecule has 4 heterocycles. The Labute approximate surface area is 196 Å². The van der Waals surface area contributed by atoms with Gasteiger partial charge in [-0.1, -0.05) is 0 Å². The third kappa shape index (κ3) is 3.58. The van der Waals surface area contributed by atoms with E-state index in [1.807, 2.05) is 6.07 Å². The molecule has 1 aromatic carbocycles. The molecule has 0 radical (unpaired) electrons. The van der Waals surface area contributed by atoms with Gasteiger partial charge in [0.05, 0.1) is 28.4 Å². The van der Waals surface area contributed by atoms with E-state index in [0.717, 1.165) is 5.56 Å². The van der Waals surface area contributed by atoms with E-state index in [1.165, 1.54) is 11.1 Å². The summed E-state index contributed by atoms with van der Waals surface area (Å²) in [6.07, 6.45) is 2.00. The lowest BCUT2D eigenvalue weighted by atomic mass is 9.85. The number of aromatic nitrogens is 3. The summed E-state index contributed by atoms with van der Waals surface area (Å²) in [5.74, 6) is 0.618. The van der Waals surface area contributed by atoms with Crippen LogP contribution >= 0.6 is 10.6 Å². The maximum atomic E-state index is 12.8. The van der Waals surface area contributed by atoms with Gasteiger partial charge in [-0.05, 0) is 49.1 Å². The summed E-state index contributed by atoms with van der Waals surface area (Å²) in [6.45, 7) is 0.531. The first-order chi connectivity index (χ1) is 16.2. The average molecular weight is 485 g/mol. The van der Waals surface area contributed by atoms with E-state index < -0.39 is 22.2 Å². The van der Waals surface area contributed by atoms with Crippen LogP contribution in [0.1, 0.15) is 24.8 Å². The predicted octanol–water partition coefficient (Wildman–Crippen LogP) is 3.52. The number of hydrogen-bond donors (Lipinski definition) is 5. The fourth-order valence-corrected chi connectivity index (χ4v) is 6.51. The molecule has 0 spiro atoms. The summed E-state index contributed by atoms with van der Waals surface area (Å²) in [5.41, 5.74) is 0.962. The zero-order valence-electron chi connectivity index (χ0n) is 18.2. The minimum Gasteiger partial charge on any atom is -0.465 e. The number of nitrogens with one attached hydrogen (secondary N) is 2. The van der Waals surface area contributed by atoms with Crippen molar-refractivity contribution >= 4 is 39.1 Å². The quantitative estimate of drug-likeness (QED) is 0.375. The number of benzene rings is 1. The third-order valence-corrected chi connectivity index (χ3v) is 8.63. The Balaban J connectivity index is 1.57. The number of H-pyrrole nitrogens is 1. The molecule has 2 aromatic heterocycles. The molecule has 0 aliphatic carbocycles. The largest absolute Gasteiger partial charge is 0.465 e. The van der Waals surface area contributed by atoms with Crippen LogP contribution in [0.3, 0.4) is 0 Å². The highest BCUT2D eigenvalue weighted by Crippen LogP contribution is 2.55. The second-order valence-corrected chi connectivity index (χ2v) is 10.9. The van der Waals surface area contributed by atoms with Crippen LogP contribution in [-0.2, 0) is 12.0 Å². The van der Waals surface area contributed by atoms with Crippen molar-refractivity contribution in [3.8, 4) is 6.07 Å². The average Bonchev–Trinajstić information content (AvgIpc) is 3.32. The van der Waals surface area contributed by atoms with Crippen molar-refractivity contribution in [2.75, 3.05) is 24.2 Å². The van der Waals surface area contributed by atoms with Gasteiger partial charge in [0.1, 0.15) is 5.39 Å². The number of aryl methyl sites for hydroxylation is 1. The van der Waals surface area contributed by atoms with Gasteiger partial charge in [0.25, 0.3) is 5.56 Å². The zero-order chi connectivity index (χ0) is 24.1. The Bertz CT molecular complexity index is 1380. The highest BCUT2D eigenvalue weighted by atomic mass is 32.3. The minimum atomic E-state index is -2.75. The summed E-state index contributed by atoms with van der Waals surface area (Å²) in [4.78, 5) is 28.7. The highest BCUT2D eigenvalue weighted by molar-refractivity contribution is 8.24. The molecule has 12 heteroatoms.